The molecule has 0 radical (unpaired) electrons. The molecule has 1 spiro atoms. The first-order valence-electron chi connectivity index (χ1n) is 13.6. The van der Waals surface area contributed by atoms with E-state index in [9.17, 15) is 4.79 Å². The maximum absolute atomic E-state index is 11.8. The molecule has 2 aromatic carbocycles. The van der Waals surface area contributed by atoms with Crippen molar-refractivity contribution in [3.05, 3.63) is 63.3 Å². The molecule has 202 valence electrons. The van der Waals surface area contributed by atoms with Gasteiger partial charge in [0.15, 0.2) is 10.9 Å². The van der Waals surface area contributed by atoms with Crippen LogP contribution in [0.2, 0.25) is 10.0 Å². The molecule has 0 atom stereocenters. The van der Waals surface area contributed by atoms with Crippen LogP contribution in [0.25, 0.3) is 21.5 Å². The molecule has 1 saturated heterocycles. The number of ketones is 1. The van der Waals surface area contributed by atoms with Crippen LogP contribution >= 0.6 is 34.5 Å². The normalized spacial score (nSPS) is 19.1. The minimum atomic E-state index is 0.0882. The van der Waals surface area contributed by atoms with Crippen LogP contribution in [0, 0.1) is 5.41 Å². The first kappa shape index (κ1) is 25.5. The van der Waals surface area contributed by atoms with Gasteiger partial charge < -0.3 is 14.2 Å². The molecule has 6 nitrogen and oxygen atoms in total. The van der Waals surface area contributed by atoms with Gasteiger partial charge in [0.1, 0.15) is 11.5 Å². The third kappa shape index (κ3) is 4.77. The number of piperidine rings is 1. The third-order valence-corrected chi connectivity index (χ3v) is 10.3. The van der Waals surface area contributed by atoms with Gasteiger partial charge in [0.25, 0.3) is 0 Å². The smallest absolute Gasteiger partial charge is 0.186 e. The zero-order valence-corrected chi connectivity index (χ0v) is 24.0. The van der Waals surface area contributed by atoms with Crippen LogP contribution in [0.1, 0.15) is 73.0 Å². The van der Waals surface area contributed by atoms with Crippen molar-refractivity contribution in [3.8, 4) is 11.3 Å². The zero-order chi connectivity index (χ0) is 26.7. The quantitative estimate of drug-likeness (QED) is 0.204. The molecular formula is C30H29Cl2N3O3S. The van der Waals surface area contributed by atoms with E-state index in [0.717, 1.165) is 89.4 Å². The molecule has 7 rings (SSSR count). The van der Waals surface area contributed by atoms with Gasteiger partial charge in [0, 0.05) is 35.7 Å². The van der Waals surface area contributed by atoms with Crippen molar-refractivity contribution >= 4 is 55.7 Å². The van der Waals surface area contributed by atoms with E-state index in [1.54, 1.807) is 18.3 Å². The number of carbonyl (C=O) groups excluding carboxylic acids is 1. The monoisotopic (exact) mass is 581 g/mol. The fourth-order valence-corrected chi connectivity index (χ4v) is 7.75. The highest BCUT2D eigenvalue weighted by molar-refractivity contribution is 7.22. The fraction of sp³-hybridized carbons (Fsp3) is 0.433. The summed E-state index contributed by atoms with van der Waals surface area (Å²) in [6.45, 7) is 4.07. The topological polar surface area (TPSA) is 68.5 Å². The van der Waals surface area contributed by atoms with E-state index >= 15 is 0 Å². The molecule has 4 aromatic rings. The van der Waals surface area contributed by atoms with Crippen LogP contribution in [-0.4, -0.2) is 35.1 Å². The van der Waals surface area contributed by atoms with Crippen LogP contribution in [0.5, 0.6) is 0 Å². The van der Waals surface area contributed by atoms with Crippen molar-refractivity contribution < 1.29 is 14.1 Å². The maximum atomic E-state index is 11.8. The van der Waals surface area contributed by atoms with Gasteiger partial charge in [0.05, 0.1) is 33.0 Å². The number of anilines is 1. The highest BCUT2D eigenvalue weighted by atomic mass is 35.5. The van der Waals surface area contributed by atoms with Gasteiger partial charge in [-0.05, 0) is 81.2 Å². The van der Waals surface area contributed by atoms with E-state index in [4.69, 9.17) is 37.4 Å². The Bertz CT molecular complexity index is 1540. The molecule has 3 fully saturated rings. The zero-order valence-electron chi connectivity index (χ0n) is 21.7. The average Bonchev–Trinajstić information content (AvgIpc) is 3.52. The lowest BCUT2D eigenvalue weighted by atomic mass is 9.61. The Balaban J connectivity index is 0.988. The first-order valence-corrected chi connectivity index (χ1v) is 15.2. The van der Waals surface area contributed by atoms with Gasteiger partial charge in [-0.15, -0.1) is 0 Å². The molecule has 2 saturated carbocycles. The highest BCUT2D eigenvalue weighted by Gasteiger charge is 2.47. The molecule has 2 aliphatic carbocycles. The second-order valence-electron chi connectivity index (χ2n) is 11.3. The summed E-state index contributed by atoms with van der Waals surface area (Å²) >= 11 is 14.7. The van der Waals surface area contributed by atoms with Crippen molar-refractivity contribution in [1.82, 2.24) is 10.1 Å². The summed E-state index contributed by atoms with van der Waals surface area (Å²) < 4.78 is 13.3. The number of ether oxygens (including phenoxy) is 1. The van der Waals surface area contributed by atoms with Crippen molar-refractivity contribution in [2.24, 2.45) is 5.41 Å². The first-order chi connectivity index (χ1) is 18.9. The SMILES string of the molecule is CC(=O)c1ccc2nc(N3CCC4(CC3)CC(OCc3c(-c5c(Cl)cccc5Cl)noc3C3CC3)C4)sc2c1. The molecule has 0 amide bonds. The Kier molecular flexibility index (Phi) is 6.46. The number of nitrogens with zero attached hydrogens (tertiary/aromatic N) is 3. The average molecular weight is 583 g/mol. The van der Waals surface area contributed by atoms with Gasteiger partial charge in [-0.25, -0.2) is 4.98 Å². The van der Waals surface area contributed by atoms with E-state index in [1.165, 1.54) is 0 Å². The summed E-state index contributed by atoms with van der Waals surface area (Å²) in [7, 11) is 0. The molecule has 2 aromatic heterocycles. The number of aromatic nitrogens is 2. The Morgan fingerprint density at radius 1 is 1.15 bits per heavy atom. The van der Waals surface area contributed by atoms with Gasteiger partial charge in [-0.2, -0.15) is 0 Å². The Morgan fingerprint density at radius 2 is 1.90 bits per heavy atom. The van der Waals surface area contributed by atoms with Crippen LogP contribution in [-0.2, 0) is 11.3 Å². The van der Waals surface area contributed by atoms with Crippen molar-refractivity contribution in [2.75, 3.05) is 18.0 Å². The minimum absolute atomic E-state index is 0.0882. The molecule has 3 aliphatic rings. The number of thiazole rings is 1. The van der Waals surface area contributed by atoms with E-state index in [-0.39, 0.29) is 11.9 Å². The van der Waals surface area contributed by atoms with Crippen LogP contribution < -0.4 is 4.90 Å². The number of benzene rings is 2. The fourth-order valence-electron chi connectivity index (χ4n) is 6.12. The maximum Gasteiger partial charge on any atom is 0.186 e. The lowest BCUT2D eigenvalue weighted by Crippen LogP contribution is -2.50. The second-order valence-corrected chi connectivity index (χ2v) is 13.1. The number of hydrogen-bond donors (Lipinski definition) is 0. The summed E-state index contributed by atoms with van der Waals surface area (Å²) in [5.74, 6) is 1.43. The molecule has 0 unspecified atom stereocenters. The number of fused-ring (bicyclic) bond motifs is 1. The molecule has 3 heterocycles. The number of carbonyl (C=O) groups is 1. The molecular weight excluding hydrogens is 553 g/mol. The molecule has 0 bridgehead atoms. The highest BCUT2D eigenvalue weighted by Crippen LogP contribution is 2.52. The lowest BCUT2D eigenvalue weighted by Gasteiger charge is -2.51. The van der Waals surface area contributed by atoms with E-state index in [2.05, 4.69) is 10.1 Å². The summed E-state index contributed by atoms with van der Waals surface area (Å²) in [5.41, 5.74) is 4.48. The van der Waals surface area contributed by atoms with E-state index in [0.29, 0.717) is 33.7 Å². The second kappa shape index (κ2) is 9.88. The number of Topliss-reactive ketones (excluding diaryl/α,β-unsaturated/α-hetero) is 1. The van der Waals surface area contributed by atoms with Gasteiger partial charge >= 0.3 is 0 Å². The Morgan fingerprint density at radius 3 is 2.59 bits per heavy atom. The van der Waals surface area contributed by atoms with Crippen LogP contribution in [0.4, 0.5) is 5.13 Å². The lowest BCUT2D eigenvalue weighted by molar-refractivity contribution is -0.0979. The largest absolute Gasteiger partial charge is 0.373 e. The molecule has 39 heavy (non-hydrogen) atoms. The van der Waals surface area contributed by atoms with Crippen molar-refractivity contribution in [1.29, 1.82) is 0 Å². The Hall–Kier alpha value is -2.45. The Labute approximate surface area is 241 Å². The number of rotatable bonds is 7. The molecule has 0 N–H and O–H groups in total. The summed E-state index contributed by atoms with van der Waals surface area (Å²) in [5, 5.41) is 6.58. The molecule has 1 aliphatic heterocycles. The predicted octanol–water partition coefficient (Wildman–Crippen LogP) is 8.30. The number of halogens is 2. The molecule has 9 heteroatoms. The van der Waals surface area contributed by atoms with Crippen molar-refractivity contribution in [2.45, 2.75) is 64.1 Å². The standard InChI is InChI=1S/C30H29Cl2N3O3S/c1-17(36)19-7-8-24-25(13-19)39-29(33-24)35-11-9-30(10-12-35)14-20(15-30)37-16-21-27(34-38-28(21)18-5-6-18)26-22(31)3-2-4-23(26)32/h2-4,7-8,13,18,20H,5-6,9-12,14-16H2,1H3. The minimum Gasteiger partial charge on any atom is -0.373 e. The van der Waals surface area contributed by atoms with E-state index in [1.807, 2.05) is 36.4 Å². The van der Waals surface area contributed by atoms with Crippen LogP contribution in [0.3, 0.4) is 0 Å². The predicted molar refractivity (Wildman–Crippen MR) is 155 cm³/mol. The van der Waals surface area contributed by atoms with Gasteiger partial charge in [-0.1, -0.05) is 45.8 Å². The van der Waals surface area contributed by atoms with Crippen molar-refractivity contribution in [3.63, 3.8) is 0 Å². The van der Waals surface area contributed by atoms with Gasteiger partial charge in [-0.3, -0.25) is 4.79 Å². The van der Waals surface area contributed by atoms with Crippen LogP contribution in [0.15, 0.2) is 40.9 Å². The third-order valence-electron chi connectivity index (χ3n) is 8.63. The van der Waals surface area contributed by atoms with E-state index < -0.39 is 0 Å². The van der Waals surface area contributed by atoms with Gasteiger partial charge in [0.2, 0.25) is 0 Å². The summed E-state index contributed by atoms with van der Waals surface area (Å²) in [6, 6.07) is 11.3. The number of hydrogen-bond acceptors (Lipinski definition) is 7. The summed E-state index contributed by atoms with van der Waals surface area (Å²) in [4.78, 5) is 19.0. The summed E-state index contributed by atoms with van der Waals surface area (Å²) in [6.07, 6.45) is 6.91.